The molecule has 0 aliphatic carbocycles. The predicted octanol–water partition coefficient (Wildman–Crippen LogP) is 2.95. The minimum Gasteiger partial charge on any atom is -0.478 e. The average molecular weight is 285 g/mol. The number of aromatic nitrogens is 2. The number of hydrogen-bond acceptors (Lipinski definition) is 4. The minimum absolute atomic E-state index is 0.309. The first-order chi connectivity index (χ1) is 10.1. The summed E-state index contributed by atoms with van der Waals surface area (Å²) in [5.41, 5.74) is 2.41. The van der Waals surface area contributed by atoms with Crippen LogP contribution in [0, 0.1) is 0 Å². The molecule has 0 bridgehead atoms. The second kappa shape index (κ2) is 6.83. The van der Waals surface area contributed by atoms with E-state index in [0.29, 0.717) is 11.5 Å². The molecule has 0 saturated carbocycles. The van der Waals surface area contributed by atoms with Gasteiger partial charge in [0.1, 0.15) is 12.1 Å². The quantitative estimate of drug-likeness (QED) is 0.853. The summed E-state index contributed by atoms with van der Waals surface area (Å²) in [6.45, 7) is 4.92. The molecule has 2 N–H and O–H groups in total. The van der Waals surface area contributed by atoms with Gasteiger partial charge in [0.05, 0.1) is 5.56 Å². The van der Waals surface area contributed by atoms with Crippen LogP contribution in [0.1, 0.15) is 41.4 Å². The van der Waals surface area contributed by atoms with Gasteiger partial charge >= 0.3 is 5.97 Å². The van der Waals surface area contributed by atoms with Crippen molar-refractivity contribution in [1.82, 2.24) is 9.97 Å². The molecule has 1 aromatic carbocycles. The Bertz CT molecular complexity index is 609. The first-order valence-corrected chi connectivity index (χ1v) is 6.94. The van der Waals surface area contributed by atoms with Gasteiger partial charge in [0, 0.05) is 18.3 Å². The van der Waals surface area contributed by atoms with Gasteiger partial charge in [0.2, 0.25) is 0 Å². The largest absolute Gasteiger partial charge is 0.478 e. The van der Waals surface area contributed by atoms with Gasteiger partial charge in [-0.1, -0.05) is 26.0 Å². The van der Waals surface area contributed by atoms with Gasteiger partial charge in [0.25, 0.3) is 0 Å². The molecule has 0 radical (unpaired) electrons. The molecular formula is C16H19N3O2. The van der Waals surface area contributed by atoms with Gasteiger partial charge in [-0.15, -0.1) is 0 Å². The zero-order chi connectivity index (χ0) is 15.2. The smallest absolute Gasteiger partial charge is 0.335 e. The van der Waals surface area contributed by atoms with Crippen molar-refractivity contribution in [2.24, 2.45) is 0 Å². The van der Waals surface area contributed by atoms with Crippen molar-refractivity contribution in [1.29, 1.82) is 0 Å². The van der Waals surface area contributed by atoms with Crippen molar-refractivity contribution < 1.29 is 9.90 Å². The van der Waals surface area contributed by atoms with Gasteiger partial charge < -0.3 is 10.4 Å². The fraction of sp³-hybridized carbons (Fsp3) is 0.312. The van der Waals surface area contributed by atoms with Crippen LogP contribution in [0.4, 0.5) is 5.82 Å². The molecule has 1 aromatic heterocycles. The molecule has 5 nitrogen and oxygen atoms in total. The van der Waals surface area contributed by atoms with Gasteiger partial charge in [-0.25, -0.2) is 14.8 Å². The molecule has 0 aliphatic rings. The molecule has 0 unspecified atom stereocenters. The molecule has 5 heteroatoms. The van der Waals surface area contributed by atoms with E-state index < -0.39 is 5.97 Å². The van der Waals surface area contributed by atoms with E-state index in [1.165, 1.54) is 0 Å². The van der Waals surface area contributed by atoms with Gasteiger partial charge in [-0.05, 0) is 30.0 Å². The normalized spacial score (nSPS) is 10.6. The van der Waals surface area contributed by atoms with Crippen LogP contribution in [-0.2, 0) is 6.42 Å². The number of nitrogens with one attached hydrogen (secondary N) is 1. The Labute approximate surface area is 124 Å². The van der Waals surface area contributed by atoms with E-state index >= 15 is 0 Å². The van der Waals surface area contributed by atoms with E-state index in [4.69, 9.17) is 5.11 Å². The minimum atomic E-state index is -0.901. The number of aromatic carboxylic acids is 1. The summed E-state index contributed by atoms with van der Waals surface area (Å²) in [7, 11) is 0. The van der Waals surface area contributed by atoms with Crippen LogP contribution in [0.15, 0.2) is 36.7 Å². The molecule has 1 heterocycles. The molecule has 21 heavy (non-hydrogen) atoms. The standard InChI is InChI=1S/C16H19N3O2/c1-11(2)14-9-15(19-10-18-14)17-8-7-12-3-5-13(6-4-12)16(20)21/h3-6,9-11H,7-8H2,1-2H3,(H,20,21)(H,17,18,19). The fourth-order valence-electron chi connectivity index (χ4n) is 1.93. The van der Waals surface area contributed by atoms with Crippen molar-refractivity contribution in [3.63, 3.8) is 0 Å². The number of carboxylic acid groups (broad SMARTS) is 1. The van der Waals surface area contributed by atoms with Crippen LogP contribution < -0.4 is 5.32 Å². The summed E-state index contributed by atoms with van der Waals surface area (Å²) in [6.07, 6.45) is 2.38. The van der Waals surface area contributed by atoms with E-state index in [1.54, 1.807) is 18.5 Å². The van der Waals surface area contributed by atoms with Crippen LogP contribution in [0.5, 0.6) is 0 Å². The lowest BCUT2D eigenvalue weighted by Gasteiger charge is -2.08. The van der Waals surface area contributed by atoms with Crippen molar-refractivity contribution >= 4 is 11.8 Å². The first kappa shape index (κ1) is 15.0. The van der Waals surface area contributed by atoms with Crippen LogP contribution in [0.2, 0.25) is 0 Å². The lowest BCUT2D eigenvalue weighted by atomic mass is 10.1. The van der Waals surface area contributed by atoms with E-state index in [0.717, 1.165) is 30.0 Å². The highest BCUT2D eigenvalue weighted by Gasteiger charge is 2.04. The predicted molar refractivity (Wildman–Crippen MR) is 81.7 cm³/mol. The third kappa shape index (κ3) is 4.27. The van der Waals surface area contributed by atoms with Crippen LogP contribution in [-0.4, -0.2) is 27.6 Å². The number of rotatable bonds is 6. The first-order valence-electron chi connectivity index (χ1n) is 6.94. The van der Waals surface area contributed by atoms with Gasteiger partial charge in [-0.2, -0.15) is 0 Å². The number of hydrogen-bond donors (Lipinski definition) is 2. The average Bonchev–Trinajstić information content (AvgIpc) is 2.48. The molecule has 110 valence electrons. The SMILES string of the molecule is CC(C)c1cc(NCCc2ccc(C(=O)O)cc2)ncn1. The van der Waals surface area contributed by atoms with Crippen LogP contribution >= 0.6 is 0 Å². The van der Waals surface area contributed by atoms with Crippen LogP contribution in [0.3, 0.4) is 0 Å². The molecule has 0 aliphatic heterocycles. The number of carbonyl (C=O) groups is 1. The summed E-state index contributed by atoms with van der Waals surface area (Å²) in [5, 5.41) is 12.1. The number of benzene rings is 1. The molecule has 0 fully saturated rings. The second-order valence-corrected chi connectivity index (χ2v) is 5.16. The number of nitrogens with zero attached hydrogens (tertiary/aromatic N) is 2. The maximum Gasteiger partial charge on any atom is 0.335 e. The monoisotopic (exact) mass is 285 g/mol. The molecular weight excluding hydrogens is 266 g/mol. The molecule has 0 amide bonds. The van der Waals surface area contributed by atoms with Crippen molar-refractivity contribution in [2.45, 2.75) is 26.2 Å². The Hall–Kier alpha value is -2.43. The summed E-state index contributed by atoms with van der Waals surface area (Å²) in [6, 6.07) is 8.88. The van der Waals surface area contributed by atoms with Crippen molar-refractivity contribution in [3.8, 4) is 0 Å². The van der Waals surface area contributed by atoms with Crippen molar-refractivity contribution in [2.75, 3.05) is 11.9 Å². The maximum atomic E-state index is 10.8. The molecule has 0 atom stereocenters. The van der Waals surface area contributed by atoms with Crippen molar-refractivity contribution in [3.05, 3.63) is 53.5 Å². The number of anilines is 1. The summed E-state index contributed by atoms with van der Waals surface area (Å²) in [5.74, 6) is 0.287. The highest BCUT2D eigenvalue weighted by atomic mass is 16.4. The molecule has 2 rings (SSSR count). The molecule has 2 aromatic rings. The highest BCUT2D eigenvalue weighted by Crippen LogP contribution is 2.13. The Morgan fingerprint density at radius 2 is 1.95 bits per heavy atom. The number of carboxylic acids is 1. The van der Waals surface area contributed by atoms with Gasteiger partial charge in [0.15, 0.2) is 0 Å². The Kier molecular flexibility index (Phi) is 4.87. The second-order valence-electron chi connectivity index (χ2n) is 5.16. The lowest BCUT2D eigenvalue weighted by Crippen LogP contribution is -2.07. The summed E-state index contributed by atoms with van der Waals surface area (Å²) < 4.78 is 0. The van der Waals surface area contributed by atoms with Crippen LogP contribution in [0.25, 0.3) is 0 Å². The Morgan fingerprint density at radius 3 is 2.57 bits per heavy atom. The Balaban J connectivity index is 1.89. The van der Waals surface area contributed by atoms with E-state index in [-0.39, 0.29) is 0 Å². The lowest BCUT2D eigenvalue weighted by molar-refractivity contribution is 0.0697. The third-order valence-electron chi connectivity index (χ3n) is 3.20. The van der Waals surface area contributed by atoms with E-state index in [2.05, 4.69) is 29.1 Å². The molecule has 0 spiro atoms. The Morgan fingerprint density at radius 1 is 1.24 bits per heavy atom. The highest BCUT2D eigenvalue weighted by molar-refractivity contribution is 5.87. The fourth-order valence-corrected chi connectivity index (χ4v) is 1.93. The third-order valence-corrected chi connectivity index (χ3v) is 3.20. The topological polar surface area (TPSA) is 75.1 Å². The van der Waals surface area contributed by atoms with E-state index in [9.17, 15) is 4.79 Å². The zero-order valence-electron chi connectivity index (χ0n) is 12.2. The zero-order valence-corrected chi connectivity index (χ0v) is 12.2. The maximum absolute atomic E-state index is 10.8. The summed E-state index contributed by atoms with van der Waals surface area (Å²) >= 11 is 0. The molecule has 0 saturated heterocycles. The van der Waals surface area contributed by atoms with Gasteiger partial charge in [-0.3, -0.25) is 0 Å². The van der Waals surface area contributed by atoms with E-state index in [1.807, 2.05) is 18.2 Å². The summed E-state index contributed by atoms with van der Waals surface area (Å²) in [4.78, 5) is 19.2.